The van der Waals surface area contributed by atoms with Gasteiger partial charge in [0, 0.05) is 13.1 Å². The average Bonchev–Trinajstić information content (AvgIpc) is 3.55. The van der Waals surface area contributed by atoms with Crippen molar-refractivity contribution in [2.75, 3.05) is 39.5 Å². The zero-order chi connectivity index (χ0) is 35.1. The van der Waals surface area contributed by atoms with E-state index in [2.05, 4.69) is 20.3 Å². The summed E-state index contributed by atoms with van der Waals surface area (Å²) in [6.07, 6.45) is 3.90. The van der Waals surface area contributed by atoms with Crippen molar-refractivity contribution >= 4 is 23.9 Å². The van der Waals surface area contributed by atoms with Gasteiger partial charge in [-0.05, 0) is 76.2 Å². The largest absolute Gasteiger partial charge is 0.480 e. The molecule has 3 unspecified atom stereocenters. The summed E-state index contributed by atoms with van der Waals surface area (Å²) in [6.45, 7) is 0.759. The number of unbranched alkanes of at least 4 members (excludes halogenated alkanes) is 3. The third-order valence-electron chi connectivity index (χ3n) is 7.53. The van der Waals surface area contributed by atoms with E-state index in [-0.39, 0.29) is 51.2 Å². The fourth-order valence-electron chi connectivity index (χ4n) is 5.08. The Morgan fingerprint density at radius 1 is 0.812 bits per heavy atom. The van der Waals surface area contributed by atoms with E-state index < -0.39 is 47.5 Å². The minimum atomic E-state index is -1.10. The second-order valence-corrected chi connectivity index (χ2v) is 11.1. The first-order valence-electron chi connectivity index (χ1n) is 16.1. The van der Waals surface area contributed by atoms with Gasteiger partial charge in [-0.3, -0.25) is 45.4 Å². The van der Waals surface area contributed by atoms with E-state index >= 15 is 0 Å². The zero-order valence-corrected chi connectivity index (χ0v) is 27.0. The standard InChI is InChI=1S/C30H49N5O13/c36-27(33-18-10-14-26(33)29(39)45-19-6-8-21-47-34(41)42)24(32-25(28(37)38)16-15-23-11-2-1-3-12-23)13-4-5-17-31-30(40)46-20-7-9-22-48-35(43)44/h1-3,11-12,24-26,32,41-44H,4-10,13-22H2,(H,31,40)(H,37,38). The predicted octanol–water partition coefficient (Wildman–Crippen LogP) is 2.05. The van der Waals surface area contributed by atoms with Crippen molar-refractivity contribution in [2.45, 2.75) is 88.8 Å². The molecule has 1 aromatic carbocycles. The number of ether oxygens (including phenoxy) is 2. The van der Waals surface area contributed by atoms with Crippen LogP contribution in [-0.2, 0) is 40.0 Å². The van der Waals surface area contributed by atoms with Crippen molar-refractivity contribution in [1.29, 1.82) is 0 Å². The molecule has 0 aliphatic carbocycles. The van der Waals surface area contributed by atoms with Gasteiger partial charge in [0.2, 0.25) is 5.91 Å². The van der Waals surface area contributed by atoms with Gasteiger partial charge in [0.05, 0.1) is 43.2 Å². The van der Waals surface area contributed by atoms with Crippen LogP contribution in [0.4, 0.5) is 4.79 Å². The first-order valence-corrected chi connectivity index (χ1v) is 16.1. The molecule has 2 rings (SSSR count). The third-order valence-corrected chi connectivity index (χ3v) is 7.53. The van der Waals surface area contributed by atoms with Crippen LogP contribution in [0.25, 0.3) is 0 Å². The number of likely N-dealkylation sites (tertiary alicyclic amines) is 1. The Kier molecular flexibility index (Phi) is 20.2. The molecule has 0 spiro atoms. The fourth-order valence-corrected chi connectivity index (χ4v) is 5.08. The van der Waals surface area contributed by atoms with Crippen LogP contribution in [0.2, 0.25) is 0 Å². The van der Waals surface area contributed by atoms with Gasteiger partial charge in [-0.25, -0.2) is 9.59 Å². The molecule has 2 amide bonds. The Balaban J connectivity index is 1.93. The van der Waals surface area contributed by atoms with E-state index in [0.29, 0.717) is 64.3 Å². The summed E-state index contributed by atoms with van der Waals surface area (Å²) in [4.78, 5) is 61.3. The van der Waals surface area contributed by atoms with E-state index in [4.69, 9.17) is 30.3 Å². The molecule has 1 aliphatic rings. The lowest BCUT2D eigenvalue weighted by atomic mass is 10.0. The van der Waals surface area contributed by atoms with Crippen LogP contribution in [0.3, 0.4) is 0 Å². The molecule has 18 nitrogen and oxygen atoms in total. The third kappa shape index (κ3) is 17.1. The van der Waals surface area contributed by atoms with Gasteiger partial charge >= 0.3 is 18.0 Å². The summed E-state index contributed by atoms with van der Waals surface area (Å²) in [5, 5.41) is 48.9. The molecule has 18 heteroatoms. The molecular weight excluding hydrogens is 638 g/mol. The van der Waals surface area contributed by atoms with Gasteiger partial charge in [0.1, 0.15) is 12.1 Å². The van der Waals surface area contributed by atoms with Gasteiger partial charge in [0.25, 0.3) is 0 Å². The van der Waals surface area contributed by atoms with Crippen molar-refractivity contribution < 1.29 is 64.3 Å². The number of rotatable bonds is 25. The topological polar surface area (TPSA) is 240 Å². The molecule has 0 bridgehead atoms. The van der Waals surface area contributed by atoms with E-state index in [1.165, 1.54) is 4.90 Å². The highest BCUT2D eigenvalue weighted by atomic mass is 17.1. The Labute approximate surface area is 278 Å². The molecule has 272 valence electrons. The SMILES string of the molecule is O=C(NCCCCC(NC(CCc1ccccc1)C(=O)O)C(=O)N1CCCC1C(=O)OCCCCON(O)O)OCCCCON(O)O. The molecular formula is C30H49N5O13. The minimum Gasteiger partial charge on any atom is -0.480 e. The number of carbonyl (C=O) groups excluding carboxylic acids is 3. The maximum atomic E-state index is 13.8. The molecule has 0 radical (unpaired) electrons. The number of amides is 2. The highest BCUT2D eigenvalue weighted by molar-refractivity contribution is 5.88. The first-order chi connectivity index (χ1) is 23.1. The summed E-state index contributed by atoms with van der Waals surface area (Å²) < 4.78 is 10.4. The lowest BCUT2D eigenvalue weighted by molar-refractivity contribution is -0.492. The quantitative estimate of drug-likeness (QED) is 0.0442. The first kappa shape index (κ1) is 40.7. The molecule has 3 atom stereocenters. The zero-order valence-electron chi connectivity index (χ0n) is 27.0. The Bertz CT molecular complexity index is 1080. The van der Waals surface area contributed by atoms with Crippen LogP contribution in [0.5, 0.6) is 0 Å². The van der Waals surface area contributed by atoms with E-state index in [1.54, 1.807) is 0 Å². The molecule has 0 aromatic heterocycles. The number of carboxylic acids is 1. The number of aliphatic carboxylic acids is 1. The van der Waals surface area contributed by atoms with Crippen LogP contribution in [-0.4, -0.2) is 123 Å². The molecule has 1 saturated heterocycles. The van der Waals surface area contributed by atoms with Crippen molar-refractivity contribution in [2.24, 2.45) is 0 Å². The summed E-state index contributed by atoms with van der Waals surface area (Å²) in [7, 11) is 0. The number of esters is 1. The lowest BCUT2D eigenvalue weighted by Gasteiger charge is -2.30. The second-order valence-electron chi connectivity index (χ2n) is 11.1. The van der Waals surface area contributed by atoms with Gasteiger partial charge in [-0.15, -0.1) is 0 Å². The van der Waals surface area contributed by atoms with Crippen molar-refractivity contribution in [1.82, 2.24) is 26.3 Å². The number of nitrogens with zero attached hydrogens (tertiary/aromatic N) is 3. The van der Waals surface area contributed by atoms with Crippen molar-refractivity contribution in [3.8, 4) is 0 Å². The number of hydrogen-bond donors (Lipinski definition) is 7. The van der Waals surface area contributed by atoms with E-state index in [9.17, 15) is 24.3 Å². The van der Waals surface area contributed by atoms with E-state index in [0.717, 1.165) is 5.56 Å². The number of carboxylic acid groups (broad SMARTS) is 1. The Morgan fingerprint density at radius 3 is 2.06 bits per heavy atom. The highest BCUT2D eigenvalue weighted by Crippen LogP contribution is 2.22. The molecule has 0 saturated carbocycles. The Morgan fingerprint density at radius 2 is 1.44 bits per heavy atom. The van der Waals surface area contributed by atoms with Gasteiger partial charge < -0.3 is 24.8 Å². The number of carbonyl (C=O) groups is 4. The monoisotopic (exact) mass is 687 g/mol. The highest BCUT2D eigenvalue weighted by Gasteiger charge is 2.39. The fraction of sp³-hybridized carbons (Fsp3) is 0.667. The van der Waals surface area contributed by atoms with Crippen LogP contribution in [0.15, 0.2) is 30.3 Å². The molecule has 1 heterocycles. The number of benzene rings is 1. The summed E-state index contributed by atoms with van der Waals surface area (Å²) in [5.41, 5.74) is 0.959. The number of hydrogen-bond acceptors (Lipinski definition) is 15. The smallest absolute Gasteiger partial charge is 0.407 e. The van der Waals surface area contributed by atoms with Crippen LogP contribution >= 0.6 is 0 Å². The lowest BCUT2D eigenvalue weighted by Crippen LogP contribution is -2.54. The number of aryl methyl sites for hydroxylation is 1. The molecule has 48 heavy (non-hydrogen) atoms. The van der Waals surface area contributed by atoms with E-state index in [1.807, 2.05) is 30.3 Å². The summed E-state index contributed by atoms with van der Waals surface area (Å²) in [5.74, 6) is -2.07. The van der Waals surface area contributed by atoms with Gasteiger partial charge in [-0.1, -0.05) is 30.3 Å². The normalized spacial score (nSPS) is 15.8. The Hall–Kier alpha value is -3.46. The molecule has 7 N–H and O–H groups in total. The van der Waals surface area contributed by atoms with Gasteiger partial charge in [-0.2, -0.15) is 0 Å². The molecule has 1 aliphatic heterocycles. The average molecular weight is 688 g/mol. The molecule has 1 fully saturated rings. The molecule has 1 aromatic rings. The van der Waals surface area contributed by atoms with Crippen molar-refractivity contribution in [3.05, 3.63) is 35.9 Å². The maximum absolute atomic E-state index is 13.8. The maximum Gasteiger partial charge on any atom is 0.407 e. The summed E-state index contributed by atoms with van der Waals surface area (Å²) >= 11 is 0. The van der Waals surface area contributed by atoms with Crippen LogP contribution < -0.4 is 10.6 Å². The number of alkyl carbamates (subject to hydrolysis) is 1. The van der Waals surface area contributed by atoms with Gasteiger partial charge in [0.15, 0.2) is 0 Å². The van der Waals surface area contributed by atoms with Crippen LogP contribution in [0.1, 0.15) is 69.8 Å². The van der Waals surface area contributed by atoms with Crippen LogP contribution in [0, 0.1) is 0 Å². The minimum absolute atomic E-state index is 0.00475. The van der Waals surface area contributed by atoms with Crippen molar-refractivity contribution in [3.63, 3.8) is 0 Å². The summed E-state index contributed by atoms with van der Waals surface area (Å²) in [6, 6.07) is 6.65. The second kappa shape index (κ2) is 23.8. The number of nitrogens with one attached hydrogen (secondary N) is 2. The predicted molar refractivity (Wildman–Crippen MR) is 163 cm³/mol.